The Kier molecular flexibility index (Phi) is 3.87. The maximum atomic E-state index is 12.9. The van der Waals surface area contributed by atoms with E-state index in [0.717, 1.165) is 29.2 Å². The van der Waals surface area contributed by atoms with Crippen LogP contribution in [0.25, 0.3) is 0 Å². The summed E-state index contributed by atoms with van der Waals surface area (Å²) in [7, 11) is 0. The number of carbonyl (C=O) groups is 1. The van der Waals surface area contributed by atoms with Crippen LogP contribution < -0.4 is 4.90 Å². The van der Waals surface area contributed by atoms with Gasteiger partial charge in [-0.2, -0.15) is 0 Å². The largest absolute Gasteiger partial charge is 0.300 e. The van der Waals surface area contributed by atoms with E-state index in [1.807, 2.05) is 53.6 Å². The summed E-state index contributed by atoms with van der Waals surface area (Å²) >= 11 is 1.62. The summed E-state index contributed by atoms with van der Waals surface area (Å²) in [6, 6.07) is 9.79. The maximum absolute atomic E-state index is 12.9. The van der Waals surface area contributed by atoms with Crippen LogP contribution >= 0.6 is 11.3 Å². The molecule has 3 rings (SSSR count). The Morgan fingerprint density at radius 2 is 2.14 bits per heavy atom. The van der Waals surface area contributed by atoms with Crippen molar-refractivity contribution in [2.75, 3.05) is 4.90 Å². The Hall–Kier alpha value is -1.94. The van der Waals surface area contributed by atoms with Crippen molar-refractivity contribution >= 4 is 22.9 Å². The number of aryl methyl sites for hydroxylation is 1. The number of nitrogens with zero attached hydrogens (tertiary/aromatic N) is 2. The first-order chi connectivity index (χ1) is 10.6. The van der Waals surface area contributed by atoms with E-state index >= 15 is 0 Å². The van der Waals surface area contributed by atoms with Crippen molar-refractivity contribution in [3.63, 3.8) is 0 Å². The number of thiazole rings is 1. The molecule has 4 heteroatoms. The lowest BCUT2D eigenvalue weighted by Gasteiger charge is -2.54. The first-order valence-electron chi connectivity index (χ1n) is 7.58. The molecule has 1 fully saturated rings. The standard InChI is InChI=1S/C18H20N2OS/c1-4-11-18(5-2)15(16-19-13(3)12-22-16)20(17(18)21)14-9-7-6-8-10-14/h5-10,12,15H,2,4,11H2,1,3H3/t15-,18-/m0/s1. The van der Waals surface area contributed by atoms with Gasteiger partial charge in [-0.25, -0.2) is 4.98 Å². The number of β-lactam (4-membered cyclic amide) rings is 1. The Balaban J connectivity index is 2.07. The summed E-state index contributed by atoms with van der Waals surface area (Å²) in [5, 5.41) is 3.04. The lowest BCUT2D eigenvalue weighted by Crippen LogP contribution is -2.62. The second kappa shape index (κ2) is 5.69. The van der Waals surface area contributed by atoms with E-state index in [1.54, 1.807) is 11.3 Å². The van der Waals surface area contributed by atoms with E-state index in [9.17, 15) is 4.79 Å². The highest BCUT2D eigenvalue weighted by atomic mass is 32.1. The number of carbonyl (C=O) groups excluding carboxylic acids is 1. The quantitative estimate of drug-likeness (QED) is 0.601. The molecule has 1 aliphatic heterocycles. The number of hydrogen-bond donors (Lipinski definition) is 0. The number of aromatic nitrogens is 1. The molecule has 2 atom stereocenters. The van der Waals surface area contributed by atoms with Crippen molar-refractivity contribution in [2.45, 2.75) is 32.7 Å². The van der Waals surface area contributed by atoms with Gasteiger partial charge in [-0.3, -0.25) is 4.79 Å². The molecule has 0 aliphatic carbocycles. The van der Waals surface area contributed by atoms with Crippen LogP contribution in [-0.2, 0) is 4.79 Å². The first-order valence-corrected chi connectivity index (χ1v) is 8.46. The maximum Gasteiger partial charge on any atom is 0.240 e. The molecule has 1 aliphatic rings. The van der Waals surface area contributed by atoms with Gasteiger partial charge in [0.05, 0.1) is 5.41 Å². The van der Waals surface area contributed by atoms with Crippen molar-refractivity contribution in [3.8, 4) is 0 Å². The average molecular weight is 312 g/mol. The minimum absolute atomic E-state index is 0.0430. The predicted octanol–water partition coefficient (Wildman–Crippen LogP) is 4.51. The summed E-state index contributed by atoms with van der Waals surface area (Å²) in [4.78, 5) is 19.4. The first kappa shape index (κ1) is 15.0. The van der Waals surface area contributed by atoms with E-state index in [2.05, 4.69) is 18.5 Å². The third kappa shape index (κ3) is 2.10. The molecule has 0 N–H and O–H groups in total. The second-order valence-electron chi connectivity index (χ2n) is 5.73. The van der Waals surface area contributed by atoms with Gasteiger partial charge in [0.15, 0.2) is 0 Å². The molecule has 0 bridgehead atoms. The topological polar surface area (TPSA) is 33.2 Å². The Bertz CT molecular complexity index is 694. The van der Waals surface area contributed by atoms with Gasteiger partial charge in [-0.05, 0) is 25.5 Å². The van der Waals surface area contributed by atoms with Crippen molar-refractivity contribution in [3.05, 3.63) is 59.1 Å². The zero-order valence-electron chi connectivity index (χ0n) is 13.0. The van der Waals surface area contributed by atoms with Gasteiger partial charge in [0.2, 0.25) is 5.91 Å². The summed E-state index contributed by atoms with van der Waals surface area (Å²) in [6.45, 7) is 8.06. The van der Waals surface area contributed by atoms with Crippen molar-refractivity contribution in [1.29, 1.82) is 0 Å². The Labute approximate surface area is 135 Å². The molecule has 1 saturated heterocycles. The fourth-order valence-electron chi connectivity index (χ4n) is 3.26. The molecule has 0 spiro atoms. The Morgan fingerprint density at radius 1 is 1.41 bits per heavy atom. The third-order valence-corrected chi connectivity index (χ3v) is 5.31. The zero-order valence-corrected chi connectivity index (χ0v) is 13.8. The molecular formula is C18H20N2OS. The minimum Gasteiger partial charge on any atom is -0.300 e. The van der Waals surface area contributed by atoms with Gasteiger partial charge in [-0.1, -0.05) is 37.6 Å². The van der Waals surface area contributed by atoms with Crippen molar-refractivity contribution in [1.82, 2.24) is 4.98 Å². The highest BCUT2D eigenvalue weighted by Crippen LogP contribution is 2.55. The molecule has 1 aromatic carbocycles. The van der Waals surface area contributed by atoms with Crippen LogP contribution in [0.2, 0.25) is 0 Å². The summed E-state index contributed by atoms with van der Waals surface area (Å²) in [5.41, 5.74) is 1.41. The molecule has 3 nitrogen and oxygen atoms in total. The van der Waals surface area contributed by atoms with E-state index in [1.165, 1.54) is 0 Å². The van der Waals surface area contributed by atoms with E-state index in [-0.39, 0.29) is 11.9 Å². The van der Waals surface area contributed by atoms with Gasteiger partial charge in [0, 0.05) is 16.8 Å². The molecule has 2 heterocycles. The lowest BCUT2D eigenvalue weighted by molar-refractivity contribution is -0.136. The second-order valence-corrected chi connectivity index (χ2v) is 6.62. The van der Waals surface area contributed by atoms with E-state index in [4.69, 9.17) is 0 Å². The number of amides is 1. The predicted molar refractivity (Wildman–Crippen MR) is 91.1 cm³/mol. The van der Waals surface area contributed by atoms with Crippen molar-refractivity contribution in [2.24, 2.45) is 5.41 Å². The molecular weight excluding hydrogens is 292 g/mol. The summed E-state index contributed by atoms with van der Waals surface area (Å²) in [5.74, 6) is 0.133. The molecule has 0 unspecified atom stereocenters. The van der Waals surface area contributed by atoms with Gasteiger partial charge in [0.1, 0.15) is 11.0 Å². The van der Waals surface area contributed by atoms with Crippen LogP contribution in [-0.4, -0.2) is 10.9 Å². The fourth-order valence-corrected chi connectivity index (χ4v) is 4.25. The van der Waals surface area contributed by atoms with Crippen LogP contribution in [0.15, 0.2) is 48.4 Å². The third-order valence-electron chi connectivity index (χ3n) is 4.30. The number of para-hydroxylation sites is 1. The monoisotopic (exact) mass is 312 g/mol. The molecule has 1 amide bonds. The van der Waals surface area contributed by atoms with Gasteiger partial charge in [0.25, 0.3) is 0 Å². The van der Waals surface area contributed by atoms with Crippen LogP contribution in [0.3, 0.4) is 0 Å². The SMILES string of the molecule is C=C[C@@]1(CCC)C(=O)N(c2ccccc2)[C@H]1c1nc(C)cs1. The van der Waals surface area contributed by atoms with E-state index in [0.29, 0.717) is 0 Å². The fraction of sp³-hybridized carbons (Fsp3) is 0.333. The van der Waals surface area contributed by atoms with Crippen LogP contribution in [0.4, 0.5) is 5.69 Å². The number of rotatable bonds is 5. The van der Waals surface area contributed by atoms with Gasteiger partial charge in [-0.15, -0.1) is 17.9 Å². The highest BCUT2D eigenvalue weighted by Gasteiger charge is 2.60. The number of benzene rings is 1. The molecule has 0 radical (unpaired) electrons. The molecule has 2 aromatic rings. The zero-order chi connectivity index (χ0) is 15.7. The number of anilines is 1. The lowest BCUT2D eigenvalue weighted by atomic mass is 9.67. The van der Waals surface area contributed by atoms with Crippen molar-refractivity contribution < 1.29 is 4.79 Å². The normalized spacial score (nSPS) is 24.2. The summed E-state index contributed by atoms with van der Waals surface area (Å²) < 4.78 is 0. The number of hydrogen-bond acceptors (Lipinski definition) is 3. The minimum atomic E-state index is -0.519. The van der Waals surface area contributed by atoms with E-state index < -0.39 is 5.41 Å². The van der Waals surface area contributed by atoms with Crippen LogP contribution in [0.5, 0.6) is 0 Å². The van der Waals surface area contributed by atoms with Crippen LogP contribution in [0, 0.1) is 12.3 Å². The molecule has 114 valence electrons. The smallest absolute Gasteiger partial charge is 0.240 e. The highest BCUT2D eigenvalue weighted by molar-refractivity contribution is 7.09. The molecule has 0 saturated carbocycles. The molecule has 1 aromatic heterocycles. The molecule has 22 heavy (non-hydrogen) atoms. The average Bonchev–Trinajstić information content (AvgIpc) is 2.96. The van der Waals surface area contributed by atoms with Gasteiger partial charge >= 0.3 is 0 Å². The van der Waals surface area contributed by atoms with Crippen LogP contribution in [0.1, 0.15) is 36.5 Å². The summed E-state index contributed by atoms with van der Waals surface area (Å²) in [6.07, 6.45) is 3.59. The van der Waals surface area contributed by atoms with Gasteiger partial charge < -0.3 is 4.90 Å². The Morgan fingerprint density at radius 3 is 2.68 bits per heavy atom.